The zero-order valence-corrected chi connectivity index (χ0v) is 36.6. The molecule has 60 heavy (non-hydrogen) atoms. The molecule has 0 saturated heterocycles. The number of hydrogen-bond donors (Lipinski definition) is 4. The van der Waals surface area contributed by atoms with Crippen LogP contribution in [0.2, 0.25) is 0 Å². The van der Waals surface area contributed by atoms with Crippen LogP contribution in [-0.4, -0.2) is 73.7 Å². The fourth-order valence-corrected chi connectivity index (χ4v) is 9.36. The monoisotopic (exact) mass is 849 g/mol. The summed E-state index contributed by atoms with van der Waals surface area (Å²) in [6.45, 7) is 10.9. The number of aliphatic carboxylic acids is 1. The van der Waals surface area contributed by atoms with E-state index < -0.39 is 51.8 Å². The summed E-state index contributed by atoms with van der Waals surface area (Å²) in [6, 6.07) is 33.1. The summed E-state index contributed by atoms with van der Waals surface area (Å²) < 4.78 is 4.82. The Morgan fingerprint density at radius 2 is 1.48 bits per heavy atom. The predicted molar refractivity (Wildman–Crippen MR) is 241 cm³/mol. The van der Waals surface area contributed by atoms with Gasteiger partial charge in [0.05, 0.1) is 34.5 Å². The van der Waals surface area contributed by atoms with E-state index in [-0.39, 0.29) is 18.9 Å². The number of carbonyl (C=O) groups excluding carboxylic acids is 3. The van der Waals surface area contributed by atoms with Crippen LogP contribution in [0.15, 0.2) is 126 Å². The van der Waals surface area contributed by atoms with Crippen LogP contribution in [-0.2, 0) is 30.4 Å². The van der Waals surface area contributed by atoms with Crippen LogP contribution in [0.5, 0.6) is 0 Å². The third-order valence-electron chi connectivity index (χ3n) is 9.67. The van der Waals surface area contributed by atoms with Crippen molar-refractivity contribution in [1.82, 2.24) is 20.9 Å². The molecule has 2 heterocycles. The van der Waals surface area contributed by atoms with Crippen LogP contribution in [0.3, 0.4) is 0 Å². The first-order valence-electron chi connectivity index (χ1n) is 20.0. The second kappa shape index (κ2) is 20.7. The average molecular weight is 850 g/mol. The number of aliphatic imine (C=N–C) groups is 1. The number of nitrogens with zero attached hydrogens (tertiary/aromatic N) is 2. The molecule has 3 aromatic carbocycles. The van der Waals surface area contributed by atoms with Gasteiger partial charge in [0.25, 0.3) is 0 Å². The number of carboxylic acids is 1. The Kier molecular flexibility index (Phi) is 15.8. The van der Waals surface area contributed by atoms with Crippen molar-refractivity contribution in [3.8, 4) is 0 Å². The number of ether oxygens (including phenoxy) is 1. The maximum Gasteiger partial charge on any atom is 0.407 e. The van der Waals surface area contributed by atoms with Crippen molar-refractivity contribution in [2.45, 2.75) is 88.9 Å². The number of hydrogen-bond acceptors (Lipinski definition) is 9. The molecule has 1 aromatic heterocycles. The number of allylic oxidation sites excluding steroid dienone is 1. The second-order valence-corrected chi connectivity index (χ2v) is 18.4. The lowest BCUT2D eigenvalue weighted by Gasteiger charge is -2.35. The summed E-state index contributed by atoms with van der Waals surface area (Å²) in [7, 11) is 0. The van der Waals surface area contributed by atoms with Crippen molar-refractivity contribution >= 4 is 52.4 Å². The minimum atomic E-state index is -1.17. The first kappa shape index (κ1) is 45.7. The van der Waals surface area contributed by atoms with Crippen LogP contribution in [0.4, 0.5) is 4.79 Å². The molecule has 0 bridgehead atoms. The highest BCUT2D eigenvalue weighted by atomic mass is 32.2. The number of nitrogens with one attached hydrogen (secondary N) is 3. The van der Waals surface area contributed by atoms with Gasteiger partial charge in [0.15, 0.2) is 0 Å². The molecule has 11 nitrogen and oxygen atoms in total. The fraction of sp³-hybridized carbons (Fsp3) is 0.362. The number of carboxylic acid groups (broad SMARTS) is 1. The van der Waals surface area contributed by atoms with E-state index in [1.54, 1.807) is 63.9 Å². The van der Waals surface area contributed by atoms with E-state index in [4.69, 9.17) is 9.73 Å². The number of rotatable bonds is 18. The molecular formula is C47H55N5O6S2. The summed E-state index contributed by atoms with van der Waals surface area (Å²) in [4.78, 5) is 60.9. The predicted octanol–water partition coefficient (Wildman–Crippen LogP) is 8.13. The Balaban J connectivity index is 1.24. The van der Waals surface area contributed by atoms with E-state index in [1.165, 1.54) is 11.8 Å². The number of thioether (sulfide) groups is 2. The SMILES string of the molecule is CC(C)C(NC(=O)[C@]1(C)CSC(c2ccnc(CNC(=O)OC(C)(C)C)c2)=N1)C(=O)NC(C=CCCSC(c1ccccc1)(c1ccccc1)c1ccccc1)CC(=O)O. The van der Waals surface area contributed by atoms with E-state index >= 15 is 0 Å². The van der Waals surface area contributed by atoms with Gasteiger partial charge in [0.1, 0.15) is 17.2 Å². The molecular weight excluding hydrogens is 795 g/mol. The van der Waals surface area contributed by atoms with Gasteiger partial charge in [-0.3, -0.25) is 24.4 Å². The van der Waals surface area contributed by atoms with Crippen LogP contribution < -0.4 is 16.0 Å². The molecule has 0 fully saturated rings. The van der Waals surface area contributed by atoms with Gasteiger partial charge in [-0.2, -0.15) is 0 Å². The van der Waals surface area contributed by atoms with Gasteiger partial charge in [0, 0.05) is 17.5 Å². The van der Waals surface area contributed by atoms with E-state index in [0.717, 1.165) is 22.3 Å². The minimum Gasteiger partial charge on any atom is -0.481 e. The van der Waals surface area contributed by atoms with Gasteiger partial charge in [-0.05, 0) is 74.6 Å². The van der Waals surface area contributed by atoms with Crippen LogP contribution in [0.25, 0.3) is 0 Å². The summed E-state index contributed by atoms with van der Waals surface area (Å²) in [5.41, 5.74) is 3.00. The maximum atomic E-state index is 13.8. The minimum absolute atomic E-state index is 0.151. The molecule has 13 heteroatoms. The maximum absolute atomic E-state index is 13.8. The first-order chi connectivity index (χ1) is 28.6. The van der Waals surface area contributed by atoms with E-state index in [9.17, 15) is 24.3 Å². The number of carbonyl (C=O) groups is 4. The summed E-state index contributed by atoms with van der Waals surface area (Å²) in [6.07, 6.45) is 5.01. The zero-order chi connectivity index (χ0) is 43.3. The third kappa shape index (κ3) is 12.3. The molecule has 4 N–H and O–H groups in total. The molecule has 0 spiro atoms. The molecule has 5 rings (SSSR count). The van der Waals surface area contributed by atoms with Gasteiger partial charge in [0.2, 0.25) is 11.8 Å². The fourth-order valence-electron chi connectivity index (χ4n) is 6.72. The summed E-state index contributed by atoms with van der Waals surface area (Å²) in [5.74, 6) is -1.20. The molecule has 3 atom stereocenters. The van der Waals surface area contributed by atoms with Crippen molar-refractivity contribution in [2.75, 3.05) is 11.5 Å². The van der Waals surface area contributed by atoms with Crippen molar-refractivity contribution < 1.29 is 29.0 Å². The van der Waals surface area contributed by atoms with Crippen LogP contribution in [0.1, 0.15) is 82.3 Å². The van der Waals surface area contributed by atoms with E-state index in [2.05, 4.69) is 93.7 Å². The molecule has 0 saturated carbocycles. The molecule has 0 radical (unpaired) electrons. The lowest BCUT2D eigenvalue weighted by Crippen LogP contribution is -2.56. The smallest absolute Gasteiger partial charge is 0.407 e. The zero-order valence-electron chi connectivity index (χ0n) is 35.0. The van der Waals surface area contributed by atoms with Gasteiger partial charge in [-0.1, -0.05) is 117 Å². The Morgan fingerprint density at radius 3 is 2.02 bits per heavy atom. The number of benzene rings is 3. The highest BCUT2D eigenvalue weighted by Gasteiger charge is 2.41. The van der Waals surface area contributed by atoms with Crippen LogP contribution >= 0.6 is 23.5 Å². The van der Waals surface area contributed by atoms with E-state index in [1.807, 2.05) is 38.1 Å². The standard InChI is InChI=1S/C47H55N5O6S2/c1-32(2)40(51-43(56)46(6)31-59-42(52-46)33-25-26-48-38(28-33)30-49-44(57)58-45(3,4)5)41(55)50-37(29-39(53)54)24-16-17-27-60-47(34-18-10-7-11-19-34,35-20-12-8-13-21-35)36-22-14-9-15-23-36/h7-16,18-26,28,32,37,40H,17,27,29-31H2,1-6H3,(H,49,57)(H,50,55)(H,51,56)(H,53,54)/t37?,40?,46-/m0/s1. The van der Waals surface area contributed by atoms with Gasteiger partial charge < -0.3 is 25.8 Å². The van der Waals surface area contributed by atoms with Crippen molar-refractivity contribution in [3.63, 3.8) is 0 Å². The topological polar surface area (TPSA) is 159 Å². The Labute approximate surface area is 361 Å². The third-order valence-corrected chi connectivity index (χ3v) is 12.6. The van der Waals surface area contributed by atoms with E-state index in [0.29, 0.717) is 28.7 Å². The number of pyridine rings is 1. The molecule has 3 amide bonds. The number of amides is 3. The Morgan fingerprint density at radius 1 is 0.900 bits per heavy atom. The lowest BCUT2D eigenvalue weighted by atomic mass is 9.84. The Hall–Kier alpha value is -5.40. The highest BCUT2D eigenvalue weighted by Crippen LogP contribution is 2.48. The summed E-state index contributed by atoms with van der Waals surface area (Å²) in [5, 5.41) is 18.9. The molecule has 1 aliphatic heterocycles. The lowest BCUT2D eigenvalue weighted by molar-refractivity contribution is -0.138. The quantitative estimate of drug-likeness (QED) is 0.0441. The highest BCUT2D eigenvalue weighted by molar-refractivity contribution is 8.14. The molecule has 1 aliphatic rings. The van der Waals surface area contributed by atoms with Crippen molar-refractivity contribution in [2.24, 2.45) is 10.9 Å². The second-order valence-electron chi connectivity index (χ2n) is 16.1. The Bertz CT molecular complexity index is 2050. The van der Waals surface area contributed by atoms with Crippen LogP contribution in [0, 0.1) is 5.92 Å². The largest absolute Gasteiger partial charge is 0.481 e. The summed E-state index contributed by atoms with van der Waals surface area (Å²) >= 11 is 3.22. The molecule has 0 aliphatic carbocycles. The molecule has 316 valence electrons. The first-order valence-corrected chi connectivity index (χ1v) is 22.0. The normalized spacial score (nSPS) is 16.5. The van der Waals surface area contributed by atoms with Gasteiger partial charge in [-0.15, -0.1) is 23.5 Å². The van der Waals surface area contributed by atoms with Gasteiger partial charge >= 0.3 is 12.1 Å². The molecule has 2 unspecified atom stereocenters. The van der Waals surface area contributed by atoms with Gasteiger partial charge in [-0.25, -0.2) is 4.79 Å². The number of alkyl carbamates (subject to hydrolysis) is 1. The number of aromatic nitrogens is 1. The average Bonchev–Trinajstić information content (AvgIpc) is 3.63. The van der Waals surface area contributed by atoms with Crippen molar-refractivity contribution in [1.29, 1.82) is 0 Å². The van der Waals surface area contributed by atoms with Crippen molar-refractivity contribution in [3.05, 3.63) is 149 Å². The molecule has 4 aromatic rings.